The summed E-state index contributed by atoms with van der Waals surface area (Å²) in [7, 11) is 3.85. The van der Waals surface area contributed by atoms with Gasteiger partial charge in [0.2, 0.25) is 0 Å². The molecule has 0 radical (unpaired) electrons. The summed E-state index contributed by atoms with van der Waals surface area (Å²) >= 11 is 0. The van der Waals surface area contributed by atoms with Gasteiger partial charge in [-0.15, -0.1) is 10.2 Å². The number of aromatic nitrogens is 5. The van der Waals surface area contributed by atoms with Crippen LogP contribution in [0.25, 0.3) is 0 Å². The summed E-state index contributed by atoms with van der Waals surface area (Å²) < 4.78 is 55.4. The number of fused-ring (bicyclic) bond motifs is 1. The number of halogens is 4. The first kappa shape index (κ1) is 29.8. The van der Waals surface area contributed by atoms with Crippen LogP contribution in [0, 0.1) is 19.7 Å². The van der Waals surface area contributed by atoms with Gasteiger partial charge in [0.1, 0.15) is 10.7 Å². The zero-order valence-electron chi connectivity index (χ0n) is 23.4. The molecular formula is C26H30F4N7O4+. The van der Waals surface area contributed by atoms with Crippen molar-refractivity contribution in [3.63, 3.8) is 0 Å². The second-order valence-electron chi connectivity index (χ2n) is 10.6. The molecule has 2 aromatic heterocycles. The highest BCUT2D eigenvalue weighted by Gasteiger charge is 2.46. The highest BCUT2D eigenvalue weighted by molar-refractivity contribution is 5.94. The molecule has 0 fully saturated rings. The summed E-state index contributed by atoms with van der Waals surface area (Å²) in [5.74, 6) is -2.63. The normalized spacial score (nSPS) is 13.9. The lowest BCUT2D eigenvalue weighted by molar-refractivity contribution is -0.921. The average Bonchev–Trinajstić information content (AvgIpc) is 3.33. The Morgan fingerprint density at radius 3 is 2.44 bits per heavy atom. The monoisotopic (exact) mass is 580 g/mol. The molecule has 0 atom stereocenters. The fourth-order valence-electron chi connectivity index (χ4n) is 4.39. The number of carbonyl (C=O) groups excluding carboxylic acids is 2. The number of carbonyl (C=O) groups is 2. The SMILES string of the molecule is Cc1c(C)c(=O)[nH][n+](OC(=O)C(F)(F)F)c1Cc1ccc(F)c(C(=O)N2CCn3c(nnc3C(C)(C)N(C)C)C2)c1. The number of hydrogen-bond acceptors (Lipinski definition) is 7. The fourth-order valence-corrected chi connectivity index (χ4v) is 4.39. The first-order chi connectivity index (χ1) is 19.0. The molecule has 0 bridgehead atoms. The summed E-state index contributed by atoms with van der Waals surface area (Å²) in [6, 6.07) is 3.71. The number of H-pyrrole nitrogens is 1. The molecule has 15 heteroatoms. The molecule has 4 rings (SSSR count). The van der Waals surface area contributed by atoms with Crippen molar-refractivity contribution in [1.82, 2.24) is 29.7 Å². The summed E-state index contributed by atoms with van der Waals surface area (Å²) in [5, 5.41) is 10.7. The number of alkyl halides is 3. The van der Waals surface area contributed by atoms with E-state index in [0.717, 1.165) is 11.9 Å². The first-order valence-corrected chi connectivity index (χ1v) is 12.6. The van der Waals surface area contributed by atoms with E-state index >= 15 is 0 Å². The van der Waals surface area contributed by atoms with Crippen LogP contribution in [0.5, 0.6) is 0 Å². The van der Waals surface area contributed by atoms with Crippen molar-refractivity contribution >= 4 is 11.9 Å². The zero-order chi connectivity index (χ0) is 30.4. The third kappa shape index (κ3) is 5.71. The van der Waals surface area contributed by atoms with Crippen molar-refractivity contribution in [2.75, 3.05) is 20.6 Å². The van der Waals surface area contributed by atoms with Crippen LogP contribution in [0.4, 0.5) is 17.6 Å². The lowest BCUT2D eigenvalue weighted by atomic mass is 10.0. The molecule has 1 N–H and O–H groups in total. The van der Waals surface area contributed by atoms with E-state index in [2.05, 4.69) is 20.1 Å². The molecule has 3 aromatic rings. The lowest BCUT2D eigenvalue weighted by Gasteiger charge is -2.34. The van der Waals surface area contributed by atoms with Crippen LogP contribution >= 0.6 is 0 Å². The van der Waals surface area contributed by atoms with Crippen LogP contribution in [0.15, 0.2) is 23.0 Å². The van der Waals surface area contributed by atoms with Crippen molar-refractivity contribution in [3.8, 4) is 0 Å². The molecule has 0 spiro atoms. The van der Waals surface area contributed by atoms with Crippen LogP contribution in [0.1, 0.15) is 58.2 Å². The van der Waals surface area contributed by atoms with E-state index in [0.29, 0.717) is 22.8 Å². The minimum absolute atomic E-state index is 0.00631. The molecule has 0 unspecified atom stereocenters. The molecule has 0 saturated carbocycles. The van der Waals surface area contributed by atoms with E-state index in [4.69, 9.17) is 0 Å². The summed E-state index contributed by atoms with van der Waals surface area (Å²) in [6.07, 6.45) is -5.50. The Morgan fingerprint density at radius 1 is 1.12 bits per heavy atom. The quantitative estimate of drug-likeness (QED) is 0.348. The van der Waals surface area contributed by atoms with Gasteiger partial charge in [-0.3, -0.25) is 14.5 Å². The van der Waals surface area contributed by atoms with Gasteiger partial charge in [0.25, 0.3) is 11.6 Å². The average molecular weight is 581 g/mol. The van der Waals surface area contributed by atoms with Gasteiger partial charge in [-0.2, -0.15) is 18.0 Å². The highest BCUT2D eigenvalue weighted by atomic mass is 19.4. The smallest absolute Gasteiger partial charge is 0.329 e. The van der Waals surface area contributed by atoms with Gasteiger partial charge in [-0.05, 0) is 59.5 Å². The fraction of sp³-hybridized carbons (Fsp3) is 0.462. The van der Waals surface area contributed by atoms with Gasteiger partial charge in [-0.25, -0.2) is 9.18 Å². The minimum atomic E-state index is -5.31. The maximum atomic E-state index is 14.9. The predicted octanol–water partition coefficient (Wildman–Crippen LogP) is 1.57. The number of hydrogen-bond donors (Lipinski definition) is 1. The molecule has 220 valence electrons. The molecule has 0 aliphatic carbocycles. The second-order valence-corrected chi connectivity index (χ2v) is 10.6. The number of aromatic amines is 1. The van der Waals surface area contributed by atoms with Crippen molar-refractivity contribution in [3.05, 3.63) is 74.0 Å². The molecule has 1 aliphatic heterocycles. The van der Waals surface area contributed by atoms with Crippen LogP contribution in [0.2, 0.25) is 0 Å². The third-order valence-electron chi connectivity index (χ3n) is 7.53. The number of nitrogens with one attached hydrogen (secondary N) is 1. The zero-order valence-corrected chi connectivity index (χ0v) is 23.4. The Kier molecular flexibility index (Phi) is 7.78. The van der Waals surface area contributed by atoms with Crippen LogP contribution < -0.4 is 15.2 Å². The number of amides is 1. The Balaban J connectivity index is 1.62. The van der Waals surface area contributed by atoms with Gasteiger partial charge in [-0.1, -0.05) is 11.2 Å². The van der Waals surface area contributed by atoms with E-state index in [-0.39, 0.29) is 41.9 Å². The van der Waals surface area contributed by atoms with E-state index < -0.39 is 35.0 Å². The maximum Gasteiger partial charge on any atom is 0.498 e. The van der Waals surface area contributed by atoms with E-state index in [1.54, 1.807) is 0 Å². The highest BCUT2D eigenvalue weighted by Crippen LogP contribution is 2.27. The van der Waals surface area contributed by atoms with Crippen LogP contribution in [0.3, 0.4) is 0 Å². The van der Waals surface area contributed by atoms with Crippen molar-refractivity contribution in [1.29, 1.82) is 0 Å². The van der Waals surface area contributed by atoms with E-state index in [1.807, 2.05) is 37.4 Å². The van der Waals surface area contributed by atoms with Crippen molar-refractivity contribution < 1.29 is 36.8 Å². The maximum absolute atomic E-state index is 14.9. The van der Waals surface area contributed by atoms with Crippen molar-refractivity contribution in [2.45, 2.75) is 58.9 Å². The summed E-state index contributed by atoms with van der Waals surface area (Å²) in [6.45, 7) is 7.71. The van der Waals surface area contributed by atoms with Crippen molar-refractivity contribution in [2.24, 2.45) is 0 Å². The van der Waals surface area contributed by atoms with E-state index in [9.17, 15) is 31.9 Å². The van der Waals surface area contributed by atoms with Gasteiger partial charge in [0, 0.05) is 24.2 Å². The van der Waals surface area contributed by atoms with Crippen LogP contribution in [-0.2, 0) is 29.8 Å². The van der Waals surface area contributed by atoms with Gasteiger partial charge < -0.3 is 9.47 Å². The Morgan fingerprint density at radius 2 is 1.80 bits per heavy atom. The first-order valence-electron chi connectivity index (χ1n) is 12.6. The van der Waals surface area contributed by atoms with Gasteiger partial charge in [0.15, 0.2) is 11.6 Å². The molecular weight excluding hydrogens is 550 g/mol. The summed E-state index contributed by atoms with van der Waals surface area (Å²) in [4.78, 5) is 45.3. The largest absolute Gasteiger partial charge is 0.498 e. The minimum Gasteiger partial charge on any atom is -0.329 e. The molecule has 1 aliphatic rings. The standard InChI is InChI=1S/C26H29F4N7O4/c1-14-15(2)21(38)33-37(41-24(40)26(28,29)30)19(14)12-16-7-8-18(27)17(11-16)22(39)35-9-10-36-20(13-35)31-32-23(36)25(3,4)34(5)6/h7-8,11H,9-10,12-13H2,1-6H3/p+1. The molecule has 0 saturated heterocycles. The predicted molar refractivity (Wildman–Crippen MR) is 135 cm³/mol. The topological polar surface area (TPSA) is 117 Å². The van der Waals surface area contributed by atoms with E-state index in [1.165, 1.54) is 30.9 Å². The molecule has 3 heterocycles. The molecule has 11 nitrogen and oxygen atoms in total. The Hall–Kier alpha value is -4.14. The lowest BCUT2D eigenvalue weighted by Crippen LogP contribution is -2.58. The summed E-state index contributed by atoms with van der Waals surface area (Å²) in [5.41, 5.74) is -0.641. The number of nitrogens with zero attached hydrogens (tertiary/aromatic N) is 6. The third-order valence-corrected chi connectivity index (χ3v) is 7.53. The Bertz CT molecular complexity index is 1580. The van der Waals surface area contributed by atoms with Gasteiger partial charge >= 0.3 is 17.7 Å². The molecule has 1 amide bonds. The molecule has 41 heavy (non-hydrogen) atoms. The second kappa shape index (κ2) is 10.7. The molecule has 1 aromatic carbocycles. The van der Waals surface area contributed by atoms with Gasteiger partial charge in [0.05, 0.1) is 24.1 Å². The Labute approximate surface area is 232 Å². The number of benzene rings is 1. The number of rotatable bonds is 6. The van der Waals surface area contributed by atoms with Crippen LogP contribution in [-0.4, -0.2) is 68.4 Å².